The molecule has 0 fully saturated rings. The van der Waals surface area contributed by atoms with E-state index in [9.17, 15) is 0 Å². The Morgan fingerprint density at radius 2 is 0.800 bits per heavy atom. The molecule has 4 nitrogen and oxygen atoms in total. The van der Waals surface area contributed by atoms with Crippen molar-refractivity contribution in [2.45, 2.75) is 5.41 Å². The molecule has 16 rings (SSSR count). The van der Waals surface area contributed by atoms with Crippen LogP contribution >= 0.6 is 11.3 Å². The highest BCUT2D eigenvalue weighted by atomic mass is 32.1. The number of rotatable bonds is 6. The molecule has 2 aliphatic carbocycles. The number of benzene rings is 11. The van der Waals surface area contributed by atoms with Gasteiger partial charge in [-0.05, 0) is 114 Å². The molecule has 0 bridgehead atoms. The zero-order valence-corrected chi connectivity index (χ0v) is 41.1. The summed E-state index contributed by atoms with van der Waals surface area (Å²) >= 11 is 1.79. The average Bonchev–Trinajstić information content (AvgIpc) is 4.23. The van der Waals surface area contributed by atoms with Gasteiger partial charge < -0.3 is 4.42 Å². The van der Waals surface area contributed by atoms with Crippen LogP contribution in [0.4, 0.5) is 0 Å². The zero-order valence-electron chi connectivity index (χ0n) is 40.3. The number of aromatic nitrogens is 3. The van der Waals surface area contributed by atoms with Crippen molar-refractivity contribution >= 4 is 53.4 Å². The third kappa shape index (κ3) is 6.26. The van der Waals surface area contributed by atoms with Crippen molar-refractivity contribution in [3.8, 4) is 89.8 Å². The Morgan fingerprint density at radius 3 is 1.57 bits per heavy atom. The van der Waals surface area contributed by atoms with E-state index in [2.05, 4.69) is 231 Å². The van der Waals surface area contributed by atoms with E-state index < -0.39 is 5.41 Å². The van der Waals surface area contributed by atoms with E-state index in [4.69, 9.17) is 19.4 Å². The molecule has 0 aliphatic heterocycles. The summed E-state index contributed by atoms with van der Waals surface area (Å²) in [6.07, 6.45) is 0. The third-order valence-corrected chi connectivity index (χ3v) is 16.9. The van der Waals surface area contributed by atoms with E-state index in [1.165, 1.54) is 75.8 Å². The molecule has 0 amide bonds. The van der Waals surface area contributed by atoms with Gasteiger partial charge in [0.05, 0.1) is 5.41 Å². The largest absolute Gasteiger partial charge is 0.456 e. The van der Waals surface area contributed by atoms with Gasteiger partial charge in [-0.15, -0.1) is 11.3 Å². The van der Waals surface area contributed by atoms with Gasteiger partial charge in [0.1, 0.15) is 11.2 Å². The molecule has 14 aromatic rings. The van der Waals surface area contributed by atoms with Crippen molar-refractivity contribution in [2.75, 3.05) is 0 Å². The standard InChI is InChI=1S/C70H41N3OS/c1-2-15-42(16-3-1)45-17-12-18-47(39-45)67-71-68(48-35-37-54-53-22-7-11-30-63(53)75-64(54)41-48)73-69(72-67)56-25-14-29-62-65(56)57-40-46(36-38-61(57)74-62)43-31-33-44(34-32-43)49-23-13-24-55-52-21-6-10-28-60(52)70(66(49)55)58-26-8-4-19-50(58)51-20-5-9-27-59(51)70/h1-41H. The molecule has 348 valence electrons. The third-order valence-electron chi connectivity index (χ3n) is 15.8. The monoisotopic (exact) mass is 971 g/mol. The van der Waals surface area contributed by atoms with Gasteiger partial charge in [0, 0.05) is 47.6 Å². The Morgan fingerprint density at radius 1 is 0.293 bits per heavy atom. The van der Waals surface area contributed by atoms with Crippen LogP contribution in [0.3, 0.4) is 0 Å². The second-order valence-corrected chi connectivity index (χ2v) is 20.8. The Labute approximate surface area is 436 Å². The van der Waals surface area contributed by atoms with Crippen LogP contribution in [-0.2, 0) is 5.41 Å². The van der Waals surface area contributed by atoms with Crippen LogP contribution in [0.2, 0.25) is 0 Å². The predicted molar refractivity (Wildman–Crippen MR) is 309 cm³/mol. The van der Waals surface area contributed by atoms with E-state index in [0.717, 1.165) is 60.9 Å². The molecule has 3 heterocycles. The fourth-order valence-electron chi connectivity index (χ4n) is 12.5. The molecule has 0 N–H and O–H groups in total. The Hall–Kier alpha value is -9.55. The topological polar surface area (TPSA) is 51.8 Å². The summed E-state index contributed by atoms with van der Waals surface area (Å²) in [5.74, 6) is 1.81. The van der Waals surface area contributed by atoms with Crippen molar-refractivity contribution in [1.29, 1.82) is 0 Å². The van der Waals surface area contributed by atoms with E-state index in [0.29, 0.717) is 17.5 Å². The lowest BCUT2D eigenvalue weighted by Crippen LogP contribution is -2.26. The van der Waals surface area contributed by atoms with Crippen LogP contribution < -0.4 is 0 Å². The summed E-state index contributed by atoms with van der Waals surface area (Å²) in [6, 6.07) is 89.9. The van der Waals surface area contributed by atoms with Crippen molar-refractivity contribution in [3.63, 3.8) is 0 Å². The summed E-state index contributed by atoms with van der Waals surface area (Å²) in [7, 11) is 0. The molecule has 5 heteroatoms. The van der Waals surface area contributed by atoms with Crippen LogP contribution in [-0.4, -0.2) is 15.0 Å². The van der Waals surface area contributed by atoms with Gasteiger partial charge in [-0.2, -0.15) is 0 Å². The number of hydrogen-bond donors (Lipinski definition) is 0. The van der Waals surface area contributed by atoms with E-state index in [1.54, 1.807) is 11.3 Å². The highest BCUT2D eigenvalue weighted by molar-refractivity contribution is 7.25. The van der Waals surface area contributed by atoms with Crippen LogP contribution in [0.15, 0.2) is 253 Å². The molecule has 0 saturated heterocycles. The Balaban J connectivity index is 0.827. The molecular weight excluding hydrogens is 931 g/mol. The number of fused-ring (bicyclic) bond motifs is 16. The number of thiophene rings is 1. The minimum atomic E-state index is -0.432. The second kappa shape index (κ2) is 16.2. The molecule has 0 saturated carbocycles. The molecule has 11 aromatic carbocycles. The SMILES string of the molecule is c1ccc(-c2cccc(-c3nc(-c4ccc5c(c4)sc4ccccc45)nc(-c4cccc5oc6ccc(-c7ccc(-c8cccc9c8C8(c%10ccccc%10-c%10ccccc%108)c8ccccc8-9)cc7)cc6c45)n3)c2)cc1. The summed E-state index contributed by atoms with van der Waals surface area (Å²) in [6.45, 7) is 0. The molecule has 2 aliphatic rings. The smallest absolute Gasteiger partial charge is 0.164 e. The lowest BCUT2D eigenvalue weighted by molar-refractivity contribution is 0.669. The second-order valence-electron chi connectivity index (χ2n) is 19.7. The predicted octanol–water partition coefficient (Wildman–Crippen LogP) is 18.5. The van der Waals surface area contributed by atoms with Gasteiger partial charge in [-0.1, -0.05) is 212 Å². The maximum absolute atomic E-state index is 6.65. The first-order valence-electron chi connectivity index (χ1n) is 25.5. The van der Waals surface area contributed by atoms with Crippen LogP contribution in [0, 0.1) is 0 Å². The van der Waals surface area contributed by atoms with Gasteiger partial charge in [-0.3, -0.25) is 0 Å². The minimum Gasteiger partial charge on any atom is -0.456 e. The fourth-order valence-corrected chi connectivity index (χ4v) is 13.7. The normalized spacial score (nSPS) is 12.9. The maximum atomic E-state index is 6.65. The molecule has 0 unspecified atom stereocenters. The van der Waals surface area contributed by atoms with Gasteiger partial charge in [0.2, 0.25) is 0 Å². The number of furan rings is 1. The first-order valence-corrected chi connectivity index (χ1v) is 26.3. The first-order chi connectivity index (χ1) is 37.2. The summed E-state index contributed by atoms with van der Waals surface area (Å²) in [5, 5.41) is 4.46. The molecule has 1 spiro atoms. The molecule has 0 atom stereocenters. The van der Waals surface area contributed by atoms with Crippen molar-refractivity contribution in [2.24, 2.45) is 0 Å². The quantitative estimate of drug-likeness (QED) is 0.167. The first kappa shape index (κ1) is 42.0. The summed E-state index contributed by atoms with van der Waals surface area (Å²) < 4.78 is 9.10. The van der Waals surface area contributed by atoms with Gasteiger partial charge in [-0.25, -0.2) is 15.0 Å². The highest BCUT2D eigenvalue weighted by Gasteiger charge is 2.52. The zero-order chi connectivity index (χ0) is 49.2. The van der Waals surface area contributed by atoms with Gasteiger partial charge in [0.25, 0.3) is 0 Å². The van der Waals surface area contributed by atoms with E-state index >= 15 is 0 Å². The maximum Gasteiger partial charge on any atom is 0.164 e. The molecule has 0 radical (unpaired) electrons. The van der Waals surface area contributed by atoms with Crippen LogP contribution in [0.1, 0.15) is 22.3 Å². The molecule has 3 aromatic heterocycles. The lowest BCUT2D eigenvalue weighted by Gasteiger charge is -2.32. The average molecular weight is 972 g/mol. The lowest BCUT2D eigenvalue weighted by atomic mass is 9.68. The van der Waals surface area contributed by atoms with Gasteiger partial charge in [0.15, 0.2) is 17.5 Å². The Bertz CT molecular complexity index is 4600. The number of hydrogen-bond acceptors (Lipinski definition) is 5. The highest BCUT2D eigenvalue weighted by Crippen LogP contribution is 2.64. The van der Waals surface area contributed by atoms with Gasteiger partial charge >= 0.3 is 0 Å². The van der Waals surface area contributed by atoms with Crippen molar-refractivity contribution in [1.82, 2.24) is 15.0 Å². The van der Waals surface area contributed by atoms with Crippen molar-refractivity contribution < 1.29 is 4.42 Å². The van der Waals surface area contributed by atoms with Crippen molar-refractivity contribution in [3.05, 3.63) is 271 Å². The molecular formula is C70H41N3OS. The van der Waals surface area contributed by atoms with Crippen LogP contribution in [0.25, 0.3) is 132 Å². The number of nitrogens with zero attached hydrogens (tertiary/aromatic N) is 3. The fraction of sp³-hybridized carbons (Fsp3) is 0.0143. The van der Waals surface area contributed by atoms with E-state index in [1.807, 2.05) is 18.2 Å². The summed E-state index contributed by atoms with van der Waals surface area (Å²) in [5.41, 5.74) is 21.3. The van der Waals surface area contributed by atoms with Crippen LogP contribution in [0.5, 0.6) is 0 Å². The Kier molecular flexibility index (Phi) is 9.09. The minimum absolute atomic E-state index is 0.432. The summed E-state index contributed by atoms with van der Waals surface area (Å²) in [4.78, 5) is 15.9. The molecule has 75 heavy (non-hydrogen) atoms. The van der Waals surface area contributed by atoms with E-state index in [-0.39, 0.29) is 0 Å².